The van der Waals surface area contributed by atoms with E-state index in [9.17, 15) is 9.59 Å². The van der Waals surface area contributed by atoms with E-state index in [0.717, 1.165) is 6.42 Å². The molecule has 3 rings (SSSR count). The van der Waals surface area contributed by atoms with Gasteiger partial charge in [0.2, 0.25) is 0 Å². The summed E-state index contributed by atoms with van der Waals surface area (Å²) in [6.07, 6.45) is 0.999. The largest absolute Gasteiger partial charge is 0.349 e. The summed E-state index contributed by atoms with van der Waals surface area (Å²) in [5.41, 5.74) is 2.55. The van der Waals surface area contributed by atoms with Gasteiger partial charge in [0.25, 0.3) is 5.91 Å². The Morgan fingerprint density at radius 3 is 2.59 bits per heavy atom. The number of carbonyl (C=O) groups is 2. The molecular formula is C16H17N3O2S. The molecule has 22 heavy (non-hydrogen) atoms. The van der Waals surface area contributed by atoms with Gasteiger partial charge in [0, 0.05) is 30.3 Å². The van der Waals surface area contributed by atoms with E-state index in [4.69, 9.17) is 0 Å². The monoisotopic (exact) mass is 315 g/mol. The lowest BCUT2D eigenvalue weighted by Crippen LogP contribution is -2.27. The number of amides is 3. The second-order valence-electron chi connectivity index (χ2n) is 5.26. The Balaban J connectivity index is 1.56. The first-order chi connectivity index (χ1) is 10.7. The molecule has 1 aromatic heterocycles. The average Bonchev–Trinajstić information content (AvgIpc) is 3.08. The van der Waals surface area contributed by atoms with Crippen LogP contribution in [0.15, 0.2) is 41.1 Å². The first-order valence-corrected chi connectivity index (χ1v) is 8.03. The Hall–Kier alpha value is -2.34. The van der Waals surface area contributed by atoms with E-state index in [0.29, 0.717) is 17.2 Å². The van der Waals surface area contributed by atoms with Gasteiger partial charge in [0.1, 0.15) is 0 Å². The molecule has 3 amide bonds. The van der Waals surface area contributed by atoms with Gasteiger partial charge in [-0.25, -0.2) is 4.79 Å². The summed E-state index contributed by atoms with van der Waals surface area (Å²) in [6.45, 7) is 0. The molecule has 0 spiro atoms. The number of rotatable bonds is 4. The lowest BCUT2D eigenvalue weighted by Gasteiger charge is -2.07. The summed E-state index contributed by atoms with van der Waals surface area (Å²) in [5.74, 6) is 0.374. The van der Waals surface area contributed by atoms with Crippen LogP contribution in [0, 0.1) is 0 Å². The van der Waals surface area contributed by atoms with E-state index < -0.39 is 0 Å². The van der Waals surface area contributed by atoms with Crippen LogP contribution in [0.3, 0.4) is 0 Å². The maximum atomic E-state index is 12.2. The minimum atomic E-state index is -0.284. The fourth-order valence-corrected chi connectivity index (χ4v) is 3.08. The number of thiophene rings is 1. The number of nitrogens with one attached hydrogen (secondary N) is 3. The van der Waals surface area contributed by atoms with Crippen LogP contribution in [0.2, 0.25) is 0 Å². The molecule has 2 atom stereocenters. The maximum Gasteiger partial charge on any atom is 0.318 e. The molecule has 2 aromatic rings. The number of carbonyl (C=O) groups excluding carboxylic acids is 2. The Labute approximate surface area is 132 Å². The van der Waals surface area contributed by atoms with Gasteiger partial charge in [-0.3, -0.25) is 4.79 Å². The summed E-state index contributed by atoms with van der Waals surface area (Å²) < 4.78 is 0. The predicted octanol–water partition coefficient (Wildman–Crippen LogP) is 2.79. The fourth-order valence-electron chi connectivity index (χ4n) is 2.36. The summed E-state index contributed by atoms with van der Waals surface area (Å²) in [7, 11) is 1.55. The quantitative estimate of drug-likeness (QED) is 0.812. The molecule has 6 heteroatoms. The average molecular weight is 315 g/mol. The van der Waals surface area contributed by atoms with Crippen LogP contribution in [0.5, 0.6) is 0 Å². The minimum absolute atomic E-state index is 0.0748. The molecule has 1 fully saturated rings. The Morgan fingerprint density at radius 1 is 1.18 bits per heavy atom. The standard InChI is InChI=1S/C16H17N3O2S/c1-17-16(21)18-12-4-2-10(3-5-12)15(20)19-14-8-13(14)11-6-7-22-9-11/h2-7,9,13-14H,8H2,1H3,(H,19,20)(H2,17,18,21)/t13-,14+/m0/s1. The molecule has 1 aliphatic rings. The second kappa shape index (κ2) is 6.19. The molecule has 1 aromatic carbocycles. The number of urea groups is 1. The van der Waals surface area contributed by atoms with Crippen molar-refractivity contribution < 1.29 is 9.59 Å². The van der Waals surface area contributed by atoms with Gasteiger partial charge < -0.3 is 16.0 Å². The van der Waals surface area contributed by atoms with Crippen LogP contribution < -0.4 is 16.0 Å². The topological polar surface area (TPSA) is 70.2 Å². The zero-order chi connectivity index (χ0) is 15.5. The summed E-state index contributed by atoms with van der Waals surface area (Å²) in [4.78, 5) is 23.4. The molecule has 0 radical (unpaired) electrons. The van der Waals surface area contributed by atoms with Crippen LogP contribution in [0.1, 0.15) is 28.3 Å². The van der Waals surface area contributed by atoms with Gasteiger partial charge >= 0.3 is 6.03 Å². The molecule has 5 nitrogen and oxygen atoms in total. The van der Waals surface area contributed by atoms with Crippen LogP contribution in [-0.2, 0) is 0 Å². The van der Waals surface area contributed by atoms with Gasteiger partial charge in [-0.1, -0.05) is 0 Å². The van der Waals surface area contributed by atoms with Crippen molar-refractivity contribution in [3.05, 3.63) is 52.2 Å². The highest BCUT2D eigenvalue weighted by Gasteiger charge is 2.39. The minimum Gasteiger partial charge on any atom is -0.349 e. The third-order valence-corrected chi connectivity index (χ3v) is 4.41. The first kappa shape index (κ1) is 14.6. The first-order valence-electron chi connectivity index (χ1n) is 7.09. The molecule has 1 aliphatic carbocycles. The number of benzene rings is 1. The predicted molar refractivity (Wildman–Crippen MR) is 87.5 cm³/mol. The van der Waals surface area contributed by atoms with Gasteiger partial charge in [-0.15, -0.1) is 0 Å². The third kappa shape index (κ3) is 3.28. The highest BCUT2D eigenvalue weighted by atomic mass is 32.1. The number of hydrogen-bond donors (Lipinski definition) is 3. The molecule has 1 heterocycles. The van der Waals surface area contributed by atoms with Gasteiger partial charge in [0.05, 0.1) is 0 Å². The lowest BCUT2D eigenvalue weighted by molar-refractivity contribution is 0.0950. The Bertz CT molecular complexity index is 667. The van der Waals surface area contributed by atoms with Crippen molar-refractivity contribution in [3.63, 3.8) is 0 Å². The zero-order valence-electron chi connectivity index (χ0n) is 12.1. The van der Waals surface area contributed by atoms with Gasteiger partial charge in [-0.05, 0) is 53.1 Å². The molecule has 0 saturated heterocycles. The summed E-state index contributed by atoms with van der Waals surface area (Å²) >= 11 is 1.68. The van der Waals surface area contributed by atoms with E-state index in [-0.39, 0.29) is 18.0 Å². The van der Waals surface area contributed by atoms with Gasteiger partial charge in [0.15, 0.2) is 0 Å². The van der Waals surface area contributed by atoms with Crippen molar-refractivity contribution in [2.24, 2.45) is 0 Å². The van der Waals surface area contributed by atoms with Crippen molar-refractivity contribution in [2.75, 3.05) is 12.4 Å². The normalized spacial score (nSPS) is 19.3. The van der Waals surface area contributed by atoms with Crippen molar-refractivity contribution in [1.29, 1.82) is 0 Å². The second-order valence-corrected chi connectivity index (χ2v) is 6.04. The molecule has 0 bridgehead atoms. The Kier molecular flexibility index (Phi) is 4.11. The smallest absolute Gasteiger partial charge is 0.318 e. The lowest BCUT2D eigenvalue weighted by atomic mass is 10.2. The van der Waals surface area contributed by atoms with E-state index in [1.54, 1.807) is 42.6 Å². The van der Waals surface area contributed by atoms with Crippen LogP contribution in [0.4, 0.5) is 10.5 Å². The van der Waals surface area contributed by atoms with E-state index in [1.807, 2.05) is 0 Å². The molecule has 114 valence electrons. The highest BCUT2D eigenvalue weighted by molar-refractivity contribution is 7.08. The van der Waals surface area contributed by atoms with E-state index in [2.05, 4.69) is 32.8 Å². The molecular weight excluding hydrogens is 298 g/mol. The SMILES string of the molecule is CNC(=O)Nc1ccc(C(=O)N[C@@H]2C[C@H]2c2ccsc2)cc1. The molecule has 3 N–H and O–H groups in total. The van der Waals surface area contributed by atoms with Crippen LogP contribution in [0.25, 0.3) is 0 Å². The highest BCUT2D eigenvalue weighted by Crippen LogP contribution is 2.41. The van der Waals surface area contributed by atoms with Crippen LogP contribution in [-0.4, -0.2) is 25.0 Å². The molecule has 0 unspecified atom stereocenters. The molecule has 0 aliphatic heterocycles. The van der Waals surface area contributed by atoms with Crippen molar-refractivity contribution in [1.82, 2.24) is 10.6 Å². The maximum absolute atomic E-state index is 12.2. The van der Waals surface area contributed by atoms with Crippen molar-refractivity contribution >= 4 is 29.0 Å². The van der Waals surface area contributed by atoms with E-state index >= 15 is 0 Å². The van der Waals surface area contributed by atoms with Crippen LogP contribution >= 0.6 is 11.3 Å². The van der Waals surface area contributed by atoms with Gasteiger partial charge in [-0.2, -0.15) is 11.3 Å². The zero-order valence-corrected chi connectivity index (χ0v) is 12.9. The van der Waals surface area contributed by atoms with Crippen molar-refractivity contribution in [3.8, 4) is 0 Å². The summed E-state index contributed by atoms with van der Waals surface area (Å²) in [6, 6.07) is 8.91. The molecule has 1 saturated carbocycles. The summed E-state index contributed by atoms with van der Waals surface area (Å²) in [5, 5.41) is 12.4. The number of anilines is 1. The van der Waals surface area contributed by atoms with E-state index in [1.165, 1.54) is 5.56 Å². The fraction of sp³-hybridized carbons (Fsp3) is 0.250. The Morgan fingerprint density at radius 2 is 1.95 bits per heavy atom. The van der Waals surface area contributed by atoms with Crippen molar-refractivity contribution in [2.45, 2.75) is 18.4 Å². The number of hydrogen-bond acceptors (Lipinski definition) is 3. The third-order valence-electron chi connectivity index (χ3n) is 3.71.